The van der Waals surface area contributed by atoms with Gasteiger partial charge in [-0.1, -0.05) is 66.7 Å². The predicted octanol–water partition coefficient (Wildman–Crippen LogP) is 10.9. The molecule has 5 atom stereocenters. The molecule has 20 rings (SSSR count). The van der Waals surface area contributed by atoms with Crippen molar-refractivity contribution < 1.29 is 72.4 Å². The number of hydrogen-bond donors (Lipinski definition) is 17. The molecule has 0 aromatic heterocycles. The van der Waals surface area contributed by atoms with Crippen molar-refractivity contribution in [1.29, 1.82) is 0 Å². The fourth-order valence-corrected chi connectivity index (χ4v) is 18.3. The topological polar surface area (TPSA) is 435 Å². The molecule has 35 nitrogen and oxygen atoms in total. The lowest BCUT2D eigenvalue weighted by atomic mass is 9.91. The molecule has 5 fully saturated rings. The van der Waals surface area contributed by atoms with Crippen LogP contribution in [-0.2, 0) is 0 Å². The van der Waals surface area contributed by atoms with Crippen LogP contribution in [0, 0.1) is 0 Å². The summed E-state index contributed by atoms with van der Waals surface area (Å²) in [6, 6.07) is 68.6. The van der Waals surface area contributed by atoms with E-state index in [9.17, 15) is 58.2 Å². The van der Waals surface area contributed by atoms with Gasteiger partial charge in [0, 0.05) is 252 Å². The van der Waals surface area contributed by atoms with E-state index in [1.54, 1.807) is 50.6 Å². The Morgan fingerprint density at radius 2 is 0.562 bits per heavy atom. The van der Waals surface area contributed by atoms with Gasteiger partial charge in [0.1, 0.15) is 28.7 Å². The molecule has 10 aliphatic heterocycles. The molecule has 144 heavy (non-hydrogen) atoms. The molecule has 10 heterocycles. The number of phenolic OH excluding ortho intramolecular Hbond substituents is 2. The molecule has 10 aliphatic rings. The molecule has 17 N–H and O–H groups in total. The standard InChI is InChI=1S/C23H26N4O3.2C22H24N4O3.2C21H22N4O3/c1-2-30-19-9-5-16(6-10-19)21-20(15-25-23(29)26-21)22(28)17-3-7-18(8-4-17)27-13-11-24-12-14-27;1-29-18-4-2-3-16(13-18)20-19(14-24-22(28)25-20)21(27)15-5-7-17(8-6-15)26-11-9-23-10-12-26;1-29-19-5-3-2-4-17(19)20-18(14-24-22(28)25-20)21(27)15-6-8-16(9-7-15)26-12-10-23-11-13-26;26-17-7-3-14(4-8-17)19-18(13-23-21(28)24-19)20(27)15-1-5-16(6-2-15)25-11-9-22-10-12-25;26-17-3-1-2-15(12-17)19-18(13-23-21(28)24-19)20(27)14-4-6-16(7-5-14)25-10-8-22-9-11-25/h3-10,15,21,24H,2,11-14H2,1H3,(H2,25,26,29);2-8,13-14,20,23H,9-12H2,1H3,(H2,24,25,28);2-9,14,20,23H,10-13H2,1H3,(H2,24,25,28);1-8,13,19,22,26H,9-12H2,(H2,23,24,28);1-7,12-13,19,22,26H,8-11H2,(H2,23,24,28). The smallest absolute Gasteiger partial charge is 0.319 e. The van der Waals surface area contributed by atoms with Crippen LogP contribution in [-0.4, -0.2) is 221 Å². The van der Waals surface area contributed by atoms with Crippen LogP contribution in [0.2, 0.25) is 0 Å². The number of carbonyl (C=O) groups excluding carboxylic acids is 10. The van der Waals surface area contributed by atoms with Crippen molar-refractivity contribution >= 4 is 87.5 Å². The van der Waals surface area contributed by atoms with Gasteiger partial charge in [0.15, 0.2) is 28.9 Å². The maximum Gasteiger partial charge on any atom is 0.319 e. The third-order valence-corrected chi connectivity index (χ3v) is 25.9. The van der Waals surface area contributed by atoms with Gasteiger partial charge in [-0.05, 0) is 205 Å². The van der Waals surface area contributed by atoms with E-state index in [1.165, 1.54) is 43.1 Å². The third kappa shape index (κ3) is 25.4. The number of nitrogens with one attached hydrogen (secondary N) is 15. The number of carbonyl (C=O) groups is 10. The van der Waals surface area contributed by atoms with Gasteiger partial charge >= 0.3 is 30.2 Å². The largest absolute Gasteiger partial charge is 0.508 e. The lowest BCUT2D eigenvalue weighted by molar-refractivity contribution is 0.101. The monoisotopic (exact) mass is 1950 g/mol. The zero-order valence-corrected chi connectivity index (χ0v) is 80.2. The van der Waals surface area contributed by atoms with Crippen molar-refractivity contribution in [2.24, 2.45) is 0 Å². The van der Waals surface area contributed by atoms with Crippen LogP contribution in [0.15, 0.2) is 302 Å². The van der Waals surface area contributed by atoms with Crippen molar-refractivity contribution in [3.8, 4) is 28.7 Å². The summed E-state index contributed by atoms with van der Waals surface area (Å²) in [6.45, 7) is 21.5. The van der Waals surface area contributed by atoms with Crippen molar-refractivity contribution in [2.75, 3.05) is 176 Å². The summed E-state index contributed by atoms with van der Waals surface area (Å²) in [4.78, 5) is 137. The molecule has 10 aromatic carbocycles. The van der Waals surface area contributed by atoms with Gasteiger partial charge in [0.25, 0.3) is 0 Å². The molecule has 744 valence electrons. The van der Waals surface area contributed by atoms with Crippen molar-refractivity contribution in [1.82, 2.24) is 79.8 Å². The molecule has 0 saturated carbocycles. The summed E-state index contributed by atoms with van der Waals surface area (Å²) in [5.41, 5.74) is 14.4. The quantitative estimate of drug-likeness (QED) is 0.0250. The minimum Gasteiger partial charge on any atom is -0.508 e. The van der Waals surface area contributed by atoms with Crippen molar-refractivity contribution in [2.45, 2.75) is 37.1 Å². The van der Waals surface area contributed by atoms with Gasteiger partial charge in [-0.2, -0.15) is 0 Å². The number of methoxy groups -OCH3 is 2. The maximum absolute atomic E-state index is 13.3. The highest BCUT2D eigenvalue weighted by atomic mass is 16.5. The van der Waals surface area contributed by atoms with Gasteiger partial charge in [-0.3, -0.25) is 24.0 Å². The number of benzene rings is 10. The highest BCUT2D eigenvalue weighted by molar-refractivity contribution is 6.14. The summed E-state index contributed by atoms with van der Waals surface area (Å²) in [7, 11) is 3.16. The van der Waals surface area contributed by atoms with E-state index < -0.39 is 30.2 Å². The lowest BCUT2D eigenvalue weighted by Gasteiger charge is -2.29. The van der Waals surface area contributed by atoms with Gasteiger partial charge in [-0.15, -0.1) is 0 Å². The second-order valence-electron chi connectivity index (χ2n) is 35.0. The molecule has 5 unspecified atom stereocenters. The third-order valence-electron chi connectivity index (χ3n) is 25.9. The van der Waals surface area contributed by atoms with Gasteiger partial charge in [0.2, 0.25) is 0 Å². The first-order valence-electron chi connectivity index (χ1n) is 48.2. The molecule has 0 spiro atoms. The molecule has 0 aliphatic carbocycles. The minimum absolute atomic E-state index is 0.0810. The average Bonchev–Trinajstić information content (AvgIpc) is 0.800. The van der Waals surface area contributed by atoms with Gasteiger partial charge in [-0.25, -0.2) is 24.0 Å². The summed E-state index contributed by atoms with van der Waals surface area (Å²) in [5, 5.41) is 62.9. The number of ketones is 5. The Morgan fingerprint density at radius 1 is 0.285 bits per heavy atom. The second kappa shape index (κ2) is 48.5. The predicted molar refractivity (Wildman–Crippen MR) is 552 cm³/mol. The molecule has 5 saturated heterocycles. The highest BCUT2D eigenvalue weighted by Gasteiger charge is 2.36. The molecule has 0 radical (unpaired) electrons. The Hall–Kier alpha value is -16.6. The molecule has 10 aromatic rings. The Morgan fingerprint density at radius 3 is 0.861 bits per heavy atom. The Balaban J connectivity index is 0.000000129. The van der Waals surface area contributed by atoms with Crippen molar-refractivity contribution in [3.63, 3.8) is 0 Å². The normalized spacial score (nSPS) is 19.2. The van der Waals surface area contributed by atoms with Crippen LogP contribution in [0.3, 0.4) is 0 Å². The van der Waals surface area contributed by atoms with E-state index in [1.807, 2.05) is 201 Å². The number of piperazine rings is 5. The Kier molecular flexibility index (Phi) is 33.8. The number of ether oxygens (including phenoxy) is 3. The first kappa shape index (κ1) is 100. The first-order valence-corrected chi connectivity index (χ1v) is 48.2. The first-order chi connectivity index (χ1) is 70.2. The number of hydrogen-bond acceptors (Lipinski definition) is 25. The second-order valence-corrected chi connectivity index (χ2v) is 35.0. The van der Waals surface area contributed by atoms with Crippen LogP contribution in [0.4, 0.5) is 52.4 Å². The van der Waals surface area contributed by atoms with Crippen LogP contribution >= 0.6 is 0 Å². The van der Waals surface area contributed by atoms with Gasteiger partial charge < -0.3 is 129 Å². The van der Waals surface area contributed by atoms with E-state index in [4.69, 9.17) is 14.2 Å². The minimum atomic E-state index is -0.624. The fraction of sp³-hybridized carbons (Fsp3) is 0.266. The van der Waals surface area contributed by atoms with Crippen molar-refractivity contribution in [3.05, 3.63) is 357 Å². The number of amides is 10. The SMILES string of the molecule is CCOc1ccc(C2NC(=O)NC=C2C(=O)c2ccc(N3CCNCC3)cc2)cc1.COc1cccc(C2NC(=O)NC=C2C(=O)c2ccc(N3CCNCC3)cc2)c1.COc1ccccc1C1NC(=O)NC=C1C(=O)c1ccc(N2CCNCC2)cc1.O=C1NC=C(C(=O)c2ccc(N3CCNCC3)cc2)C(c2ccc(O)cc2)N1.O=C1NC=C(C(=O)c2ccc(N3CCNCC3)cc2)C(c2cccc(O)c2)N1. The summed E-state index contributed by atoms with van der Waals surface area (Å²) in [6.07, 6.45) is 7.40. The molecule has 10 amide bonds. The van der Waals surface area contributed by atoms with E-state index >= 15 is 0 Å². The van der Waals surface area contributed by atoms with Crippen LogP contribution in [0.25, 0.3) is 0 Å². The van der Waals surface area contributed by atoms with Crippen LogP contribution < -0.4 is 118 Å². The molecular formula is C109H118N20O15. The number of aromatic hydroxyl groups is 2. The number of rotatable bonds is 24. The molecule has 35 heteroatoms. The average molecular weight is 1950 g/mol. The number of Topliss-reactive ketones (excluding diaryl/α,β-unsaturated/α-hetero) is 5. The number of nitrogens with zero attached hydrogens (tertiary/aromatic N) is 5. The van der Waals surface area contributed by atoms with E-state index in [2.05, 4.69) is 104 Å². The number of para-hydroxylation sites is 1. The van der Waals surface area contributed by atoms with E-state index in [0.29, 0.717) is 79.4 Å². The lowest BCUT2D eigenvalue weighted by Crippen LogP contribution is -2.43. The highest BCUT2D eigenvalue weighted by Crippen LogP contribution is 2.38. The number of phenols is 2. The van der Waals surface area contributed by atoms with E-state index in [-0.39, 0.29) is 70.6 Å². The summed E-state index contributed by atoms with van der Waals surface area (Å²) < 4.78 is 16.2. The van der Waals surface area contributed by atoms with Crippen LogP contribution in [0.1, 0.15) is 117 Å². The number of urea groups is 5. The fourth-order valence-electron chi connectivity index (χ4n) is 18.3. The Bertz CT molecular complexity index is 6410. The van der Waals surface area contributed by atoms with Gasteiger partial charge in [0.05, 0.1) is 51.0 Å². The molecular weight excluding hydrogens is 1830 g/mol. The number of anilines is 5. The van der Waals surface area contributed by atoms with Crippen LogP contribution in [0.5, 0.6) is 28.7 Å². The molecule has 0 bridgehead atoms. The zero-order chi connectivity index (χ0) is 100. The summed E-state index contributed by atoms with van der Waals surface area (Å²) >= 11 is 0. The summed E-state index contributed by atoms with van der Waals surface area (Å²) in [5.74, 6) is 1.54. The maximum atomic E-state index is 13.3. The zero-order valence-electron chi connectivity index (χ0n) is 80.2. The van der Waals surface area contributed by atoms with E-state index in [0.717, 1.165) is 187 Å². The Labute approximate surface area is 834 Å².